The molecule has 0 spiro atoms. The first-order valence-electron chi connectivity index (χ1n) is 5.47. The summed E-state index contributed by atoms with van der Waals surface area (Å²) in [6.07, 6.45) is 0. The third kappa shape index (κ3) is 2.90. The second-order valence-electron chi connectivity index (χ2n) is 4.90. The van der Waals surface area contributed by atoms with Crippen LogP contribution in [0.2, 0.25) is 0 Å². The summed E-state index contributed by atoms with van der Waals surface area (Å²) >= 11 is 0. The van der Waals surface area contributed by atoms with Crippen molar-refractivity contribution in [3.63, 3.8) is 0 Å². The Bertz CT molecular complexity index is 439. The van der Waals surface area contributed by atoms with Gasteiger partial charge in [0.05, 0.1) is 5.41 Å². The van der Waals surface area contributed by atoms with Crippen LogP contribution in [0.25, 0.3) is 0 Å². The summed E-state index contributed by atoms with van der Waals surface area (Å²) in [6.45, 7) is 7.16. The maximum Gasteiger partial charge on any atom is 0.312 e. The zero-order chi connectivity index (χ0) is 13.2. The predicted molar refractivity (Wildman–Crippen MR) is 67.2 cm³/mol. The number of hydrogen-bond donors (Lipinski definition) is 2. The number of benzene rings is 1. The van der Waals surface area contributed by atoms with Crippen molar-refractivity contribution in [2.75, 3.05) is 12.3 Å². The third-order valence-corrected chi connectivity index (χ3v) is 2.80. The highest BCUT2D eigenvalue weighted by molar-refractivity contribution is 5.73. The lowest BCUT2D eigenvalue weighted by atomic mass is 9.95. The van der Waals surface area contributed by atoms with Crippen LogP contribution in [0.4, 0.5) is 5.69 Å². The first kappa shape index (κ1) is 13.4. The average Bonchev–Trinajstić information content (AvgIpc) is 2.23. The Balaban J connectivity index is 2.90. The Kier molecular flexibility index (Phi) is 3.66. The zero-order valence-corrected chi connectivity index (χ0v) is 10.7. The standard InChI is InChI=1S/C13H19NO3/c1-8-5-6-10(14)9(2)11(8)17-7-13(3,4)12(15)16/h5-6H,7,14H2,1-4H3,(H,15,16). The molecule has 0 bridgehead atoms. The lowest BCUT2D eigenvalue weighted by Crippen LogP contribution is -2.31. The normalized spacial score (nSPS) is 11.3. The minimum atomic E-state index is -0.913. The summed E-state index contributed by atoms with van der Waals surface area (Å²) < 4.78 is 5.61. The van der Waals surface area contributed by atoms with Crippen LogP contribution < -0.4 is 10.5 Å². The van der Waals surface area contributed by atoms with Gasteiger partial charge >= 0.3 is 5.97 Å². The Morgan fingerprint density at radius 3 is 2.53 bits per heavy atom. The number of anilines is 1. The Morgan fingerprint density at radius 1 is 1.41 bits per heavy atom. The molecule has 0 unspecified atom stereocenters. The molecule has 4 nitrogen and oxygen atoms in total. The molecule has 1 aromatic rings. The number of ether oxygens (including phenoxy) is 1. The summed E-state index contributed by atoms with van der Waals surface area (Å²) in [5.74, 6) is -0.198. The van der Waals surface area contributed by atoms with Gasteiger partial charge in [-0.3, -0.25) is 4.79 Å². The molecule has 0 radical (unpaired) electrons. The second-order valence-corrected chi connectivity index (χ2v) is 4.90. The fraction of sp³-hybridized carbons (Fsp3) is 0.462. The molecule has 1 aromatic carbocycles. The fourth-order valence-corrected chi connectivity index (χ4v) is 1.38. The molecule has 3 N–H and O–H groups in total. The van der Waals surface area contributed by atoms with Crippen LogP contribution in [0.15, 0.2) is 12.1 Å². The van der Waals surface area contributed by atoms with Crippen molar-refractivity contribution in [1.82, 2.24) is 0 Å². The Hall–Kier alpha value is -1.71. The monoisotopic (exact) mass is 237 g/mol. The predicted octanol–water partition coefficient (Wildman–Crippen LogP) is 2.38. The number of aryl methyl sites for hydroxylation is 1. The topological polar surface area (TPSA) is 72.5 Å². The number of aliphatic carboxylic acids is 1. The molecule has 0 aliphatic heterocycles. The second kappa shape index (κ2) is 4.65. The molecule has 4 heteroatoms. The molecule has 17 heavy (non-hydrogen) atoms. The molecule has 94 valence electrons. The smallest absolute Gasteiger partial charge is 0.312 e. The molecule has 0 aromatic heterocycles. The average molecular weight is 237 g/mol. The molecular weight excluding hydrogens is 218 g/mol. The van der Waals surface area contributed by atoms with Crippen LogP contribution in [-0.4, -0.2) is 17.7 Å². The quantitative estimate of drug-likeness (QED) is 0.788. The number of carbonyl (C=O) groups is 1. The lowest BCUT2D eigenvalue weighted by Gasteiger charge is -2.21. The third-order valence-electron chi connectivity index (χ3n) is 2.80. The maximum atomic E-state index is 11.0. The zero-order valence-electron chi connectivity index (χ0n) is 10.7. The Labute approximate surface area is 101 Å². The summed E-state index contributed by atoms with van der Waals surface area (Å²) in [5.41, 5.74) is 7.34. The van der Waals surface area contributed by atoms with Crippen LogP contribution in [0.5, 0.6) is 5.75 Å². The number of carboxylic acid groups (broad SMARTS) is 1. The molecule has 0 amide bonds. The largest absolute Gasteiger partial charge is 0.492 e. The highest BCUT2D eigenvalue weighted by Crippen LogP contribution is 2.29. The van der Waals surface area contributed by atoms with Crippen molar-refractivity contribution >= 4 is 11.7 Å². The van der Waals surface area contributed by atoms with Gasteiger partial charge in [0.2, 0.25) is 0 Å². The van der Waals surface area contributed by atoms with E-state index in [0.717, 1.165) is 11.1 Å². The van der Waals surface area contributed by atoms with E-state index in [0.29, 0.717) is 11.4 Å². The highest BCUT2D eigenvalue weighted by Gasteiger charge is 2.28. The van der Waals surface area contributed by atoms with E-state index in [4.69, 9.17) is 15.6 Å². The van der Waals surface area contributed by atoms with E-state index in [1.165, 1.54) is 0 Å². The molecule has 0 heterocycles. The van der Waals surface area contributed by atoms with Gasteiger partial charge in [0.25, 0.3) is 0 Å². The number of nitrogen functional groups attached to an aromatic ring is 1. The molecule has 0 aliphatic rings. The van der Waals surface area contributed by atoms with Crippen LogP contribution in [0.3, 0.4) is 0 Å². The van der Waals surface area contributed by atoms with Gasteiger partial charge in [-0.1, -0.05) is 6.07 Å². The van der Waals surface area contributed by atoms with Gasteiger partial charge in [0, 0.05) is 11.3 Å². The van der Waals surface area contributed by atoms with E-state index < -0.39 is 11.4 Å². The molecule has 0 aliphatic carbocycles. The molecule has 0 saturated carbocycles. The fourth-order valence-electron chi connectivity index (χ4n) is 1.38. The van der Waals surface area contributed by atoms with Crippen LogP contribution in [0.1, 0.15) is 25.0 Å². The van der Waals surface area contributed by atoms with Crippen LogP contribution >= 0.6 is 0 Å². The highest BCUT2D eigenvalue weighted by atomic mass is 16.5. The summed E-state index contributed by atoms with van der Waals surface area (Å²) in [6, 6.07) is 3.69. The number of carboxylic acids is 1. The molecule has 0 saturated heterocycles. The number of nitrogens with two attached hydrogens (primary N) is 1. The summed E-state index contributed by atoms with van der Waals surface area (Å²) in [5, 5.41) is 9.01. The van der Waals surface area contributed by atoms with Gasteiger partial charge in [-0.15, -0.1) is 0 Å². The van der Waals surface area contributed by atoms with E-state index in [1.807, 2.05) is 26.0 Å². The van der Waals surface area contributed by atoms with Crippen LogP contribution in [0, 0.1) is 19.3 Å². The van der Waals surface area contributed by atoms with Gasteiger partial charge in [-0.25, -0.2) is 0 Å². The van der Waals surface area contributed by atoms with Gasteiger partial charge in [-0.2, -0.15) is 0 Å². The molecular formula is C13H19NO3. The van der Waals surface area contributed by atoms with Crippen molar-refractivity contribution in [3.05, 3.63) is 23.3 Å². The van der Waals surface area contributed by atoms with E-state index in [2.05, 4.69) is 0 Å². The van der Waals surface area contributed by atoms with Gasteiger partial charge in [0.15, 0.2) is 0 Å². The van der Waals surface area contributed by atoms with E-state index in [-0.39, 0.29) is 6.61 Å². The van der Waals surface area contributed by atoms with Gasteiger partial charge in [-0.05, 0) is 39.3 Å². The van der Waals surface area contributed by atoms with Crippen molar-refractivity contribution in [3.8, 4) is 5.75 Å². The van der Waals surface area contributed by atoms with E-state index in [1.54, 1.807) is 13.8 Å². The van der Waals surface area contributed by atoms with E-state index in [9.17, 15) is 4.79 Å². The molecule has 0 atom stereocenters. The maximum absolute atomic E-state index is 11.0. The van der Waals surface area contributed by atoms with Crippen molar-refractivity contribution in [1.29, 1.82) is 0 Å². The van der Waals surface area contributed by atoms with Gasteiger partial charge < -0.3 is 15.6 Å². The SMILES string of the molecule is Cc1ccc(N)c(C)c1OCC(C)(C)C(=O)O. The summed E-state index contributed by atoms with van der Waals surface area (Å²) in [7, 11) is 0. The van der Waals surface area contributed by atoms with Gasteiger partial charge in [0.1, 0.15) is 12.4 Å². The van der Waals surface area contributed by atoms with E-state index >= 15 is 0 Å². The van der Waals surface area contributed by atoms with Crippen molar-refractivity contribution in [2.24, 2.45) is 5.41 Å². The van der Waals surface area contributed by atoms with Crippen molar-refractivity contribution in [2.45, 2.75) is 27.7 Å². The number of rotatable bonds is 4. The first-order valence-corrected chi connectivity index (χ1v) is 5.47. The summed E-state index contributed by atoms with van der Waals surface area (Å²) in [4.78, 5) is 11.0. The molecule has 0 fully saturated rings. The minimum absolute atomic E-state index is 0.119. The van der Waals surface area contributed by atoms with Crippen molar-refractivity contribution < 1.29 is 14.6 Å². The first-order chi connectivity index (χ1) is 7.75. The Morgan fingerprint density at radius 2 is 2.00 bits per heavy atom. The molecule has 1 rings (SSSR count). The number of hydrogen-bond acceptors (Lipinski definition) is 3. The lowest BCUT2D eigenvalue weighted by molar-refractivity contribution is -0.148. The van der Waals surface area contributed by atoms with Crippen LogP contribution in [-0.2, 0) is 4.79 Å². The minimum Gasteiger partial charge on any atom is -0.492 e.